The van der Waals surface area contributed by atoms with Crippen LogP contribution in [0, 0.1) is 0 Å². The van der Waals surface area contributed by atoms with E-state index in [0.29, 0.717) is 5.82 Å². The first-order valence-corrected chi connectivity index (χ1v) is 20.0. The molecular formula is C49H28N4S2. The van der Waals surface area contributed by atoms with Gasteiger partial charge >= 0.3 is 0 Å². The van der Waals surface area contributed by atoms with Gasteiger partial charge in [0.2, 0.25) is 0 Å². The highest BCUT2D eigenvalue weighted by molar-refractivity contribution is 7.26. The number of nitrogens with zero attached hydrogens (tertiary/aromatic N) is 4. The van der Waals surface area contributed by atoms with Crippen LogP contribution in [0.3, 0.4) is 0 Å². The van der Waals surface area contributed by atoms with Crippen LogP contribution >= 0.6 is 22.7 Å². The molecule has 55 heavy (non-hydrogen) atoms. The monoisotopic (exact) mass is 736 g/mol. The van der Waals surface area contributed by atoms with Crippen LogP contribution in [0.15, 0.2) is 170 Å². The van der Waals surface area contributed by atoms with Crippen molar-refractivity contribution in [1.82, 2.24) is 19.5 Å². The molecule has 0 spiro atoms. The Bertz CT molecular complexity index is 3500. The van der Waals surface area contributed by atoms with Crippen LogP contribution in [-0.4, -0.2) is 19.5 Å². The molecule has 0 saturated carbocycles. The summed E-state index contributed by atoms with van der Waals surface area (Å²) in [5.74, 6) is 0.711. The maximum absolute atomic E-state index is 5.36. The molecule has 0 atom stereocenters. The summed E-state index contributed by atoms with van der Waals surface area (Å²) in [5.41, 5.74) is 9.74. The number of thiophene rings is 2. The lowest BCUT2D eigenvalue weighted by atomic mass is 10.0. The zero-order chi connectivity index (χ0) is 36.0. The van der Waals surface area contributed by atoms with E-state index >= 15 is 0 Å². The second kappa shape index (κ2) is 11.9. The molecule has 6 heteroatoms. The lowest BCUT2D eigenvalue weighted by Crippen LogP contribution is -1.98. The van der Waals surface area contributed by atoms with Crippen molar-refractivity contribution in [3.8, 4) is 39.5 Å². The number of fused-ring (bicyclic) bond motifs is 10. The molecule has 5 heterocycles. The van der Waals surface area contributed by atoms with Crippen LogP contribution in [0.25, 0.3) is 113 Å². The Morgan fingerprint density at radius 2 is 1.15 bits per heavy atom. The fourth-order valence-electron chi connectivity index (χ4n) is 8.36. The molecule has 0 aliphatic carbocycles. The summed E-state index contributed by atoms with van der Waals surface area (Å²) in [4.78, 5) is 15.1. The fraction of sp³-hybridized carbons (Fsp3) is 0. The highest BCUT2D eigenvalue weighted by atomic mass is 32.1. The number of hydrogen-bond donors (Lipinski definition) is 0. The molecule has 0 fully saturated rings. The maximum atomic E-state index is 5.36. The number of aromatic nitrogens is 4. The summed E-state index contributed by atoms with van der Waals surface area (Å²) in [6.45, 7) is 0. The third kappa shape index (κ3) is 4.72. The van der Waals surface area contributed by atoms with Crippen molar-refractivity contribution in [2.45, 2.75) is 0 Å². The first kappa shape index (κ1) is 30.7. The van der Waals surface area contributed by atoms with Gasteiger partial charge in [0, 0.05) is 81.0 Å². The van der Waals surface area contributed by atoms with E-state index in [0.717, 1.165) is 53.8 Å². The van der Waals surface area contributed by atoms with Crippen LogP contribution in [-0.2, 0) is 0 Å². The van der Waals surface area contributed by atoms with E-state index in [1.807, 2.05) is 29.8 Å². The van der Waals surface area contributed by atoms with E-state index in [2.05, 4.69) is 161 Å². The zero-order valence-electron chi connectivity index (χ0n) is 29.3. The number of para-hydroxylation sites is 2. The highest BCUT2D eigenvalue weighted by Gasteiger charge is 2.21. The Morgan fingerprint density at radius 1 is 0.436 bits per heavy atom. The molecule has 256 valence electrons. The predicted octanol–water partition coefficient (Wildman–Crippen LogP) is 13.9. The molecule has 12 aromatic rings. The lowest BCUT2D eigenvalue weighted by molar-refractivity contribution is 1.18. The second-order valence-electron chi connectivity index (χ2n) is 14.0. The van der Waals surface area contributed by atoms with Gasteiger partial charge < -0.3 is 4.57 Å². The van der Waals surface area contributed by atoms with E-state index < -0.39 is 0 Å². The van der Waals surface area contributed by atoms with E-state index in [4.69, 9.17) is 9.97 Å². The molecular weight excluding hydrogens is 709 g/mol. The highest BCUT2D eigenvalue weighted by Crippen LogP contribution is 2.44. The Labute approximate surface area is 323 Å². The van der Waals surface area contributed by atoms with Gasteiger partial charge in [-0.1, -0.05) is 97.1 Å². The third-order valence-corrected chi connectivity index (χ3v) is 13.2. The van der Waals surface area contributed by atoms with Gasteiger partial charge in [-0.05, 0) is 71.8 Å². The van der Waals surface area contributed by atoms with Crippen molar-refractivity contribution in [1.29, 1.82) is 0 Å². The van der Waals surface area contributed by atoms with E-state index in [9.17, 15) is 0 Å². The van der Waals surface area contributed by atoms with Gasteiger partial charge in [0.15, 0.2) is 5.82 Å². The molecule has 12 rings (SSSR count). The minimum Gasteiger partial charge on any atom is -0.309 e. The molecule has 0 amide bonds. The fourth-order valence-corrected chi connectivity index (χ4v) is 10.6. The zero-order valence-corrected chi connectivity index (χ0v) is 30.9. The van der Waals surface area contributed by atoms with Gasteiger partial charge in [-0.15, -0.1) is 22.7 Å². The van der Waals surface area contributed by atoms with Gasteiger partial charge in [-0.2, -0.15) is 0 Å². The van der Waals surface area contributed by atoms with Crippen molar-refractivity contribution in [2.24, 2.45) is 0 Å². The summed E-state index contributed by atoms with van der Waals surface area (Å²) in [6, 6.07) is 56.8. The number of benzene rings is 7. The van der Waals surface area contributed by atoms with Crippen molar-refractivity contribution in [2.75, 3.05) is 0 Å². The summed E-state index contributed by atoms with van der Waals surface area (Å²) >= 11 is 3.61. The Morgan fingerprint density at radius 3 is 2.05 bits per heavy atom. The van der Waals surface area contributed by atoms with Gasteiger partial charge in [-0.3, -0.25) is 4.98 Å². The largest absolute Gasteiger partial charge is 0.309 e. The summed E-state index contributed by atoms with van der Waals surface area (Å²) in [6.07, 6.45) is 3.86. The van der Waals surface area contributed by atoms with Crippen LogP contribution in [0.4, 0.5) is 0 Å². The Kier molecular flexibility index (Phi) is 6.64. The number of pyridine rings is 1. The summed E-state index contributed by atoms with van der Waals surface area (Å²) < 4.78 is 7.35. The molecule has 0 saturated heterocycles. The molecule has 0 N–H and O–H groups in total. The van der Waals surface area contributed by atoms with Gasteiger partial charge in [-0.25, -0.2) is 9.97 Å². The lowest BCUT2D eigenvalue weighted by Gasteiger charge is -2.13. The van der Waals surface area contributed by atoms with Gasteiger partial charge in [0.05, 0.1) is 26.9 Å². The van der Waals surface area contributed by atoms with Crippen molar-refractivity contribution in [3.63, 3.8) is 0 Å². The SMILES string of the molecule is c1ccc(-c2nc(-c3cc(-n4c5ccccc5c5cc(-c6ccc7sc8ccccc8c7c6)ccc54)cc4c3sc3cnccc34)nc3ccccc23)cc1. The van der Waals surface area contributed by atoms with Gasteiger partial charge in [0.25, 0.3) is 0 Å². The molecule has 0 bridgehead atoms. The molecule has 7 aromatic carbocycles. The number of hydrogen-bond acceptors (Lipinski definition) is 5. The summed E-state index contributed by atoms with van der Waals surface area (Å²) in [5, 5.41) is 8.46. The third-order valence-electron chi connectivity index (χ3n) is 10.9. The predicted molar refractivity (Wildman–Crippen MR) is 234 cm³/mol. The molecule has 0 aliphatic rings. The first-order chi connectivity index (χ1) is 27.2. The van der Waals surface area contributed by atoms with Crippen LogP contribution in [0.5, 0.6) is 0 Å². The smallest absolute Gasteiger partial charge is 0.161 e. The second-order valence-corrected chi connectivity index (χ2v) is 16.2. The van der Waals surface area contributed by atoms with E-state index in [1.54, 1.807) is 11.3 Å². The average Bonchev–Trinajstić information content (AvgIpc) is 3.92. The van der Waals surface area contributed by atoms with E-state index in [1.165, 1.54) is 52.8 Å². The van der Waals surface area contributed by atoms with Crippen LogP contribution in [0.1, 0.15) is 0 Å². The van der Waals surface area contributed by atoms with Crippen molar-refractivity contribution in [3.05, 3.63) is 170 Å². The normalized spacial score (nSPS) is 12.0. The minimum absolute atomic E-state index is 0.711. The Balaban J connectivity index is 1.11. The minimum atomic E-state index is 0.711. The Hall–Kier alpha value is -6.73. The quantitative estimate of drug-likeness (QED) is 0.181. The standard InChI is InChI=1S/C49H28N4S2/c1-2-10-29(11-3-1)47-36-14-4-7-15-41(36)51-49(52-47)40-27-32(26-39-35-22-23-50-28-46(35)55-48(39)40)53-42-16-8-5-12-33(42)37-24-30(18-20-43(37)53)31-19-21-45-38(25-31)34-13-6-9-17-44(34)54-45/h1-28H. The molecule has 5 aromatic heterocycles. The van der Waals surface area contributed by atoms with Crippen LogP contribution in [0.2, 0.25) is 0 Å². The molecule has 0 aliphatic heterocycles. The maximum Gasteiger partial charge on any atom is 0.161 e. The van der Waals surface area contributed by atoms with Crippen molar-refractivity contribution >= 4 is 95.7 Å². The average molecular weight is 737 g/mol. The van der Waals surface area contributed by atoms with Crippen molar-refractivity contribution < 1.29 is 0 Å². The van der Waals surface area contributed by atoms with E-state index in [-0.39, 0.29) is 0 Å². The van der Waals surface area contributed by atoms with Crippen LogP contribution < -0.4 is 0 Å². The number of rotatable bonds is 4. The molecule has 4 nitrogen and oxygen atoms in total. The first-order valence-electron chi connectivity index (χ1n) is 18.3. The summed E-state index contributed by atoms with van der Waals surface area (Å²) in [7, 11) is 0. The van der Waals surface area contributed by atoms with Gasteiger partial charge in [0.1, 0.15) is 0 Å². The topological polar surface area (TPSA) is 43.6 Å². The molecule has 0 unspecified atom stereocenters. The molecule has 0 radical (unpaired) electrons.